The van der Waals surface area contributed by atoms with Crippen molar-refractivity contribution in [2.24, 2.45) is 10.3 Å². The summed E-state index contributed by atoms with van der Waals surface area (Å²) in [5.74, 6) is 0. The van der Waals surface area contributed by atoms with E-state index in [0.717, 1.165) is 0 Å². The monoisotopic (exact) mass is 338 g/mol. The lowest BCUT2D eigenvalue weighted by Crippen LogP contribution is -2.21. The summed E-state index contributed by atoms with van der Waals surface area (Å²) < 4.78 is 48.0. The molecule has 2 rings (SSSR count). The van der Waals surface area contributed by atoms with E-state index in [1.54, 1.807) is 36.4 Å². The zero-order valence-electron chi connectivity index (χ0n) is 11.4. The summed E-state index contributed by atoms with van der Waals surface area (Å²) in [4.78, 5) is -1.05. The third-order valence-electron chi connectivity index (χ3n) is 2.85. The lowest BCUT2D eigenvalue weighted by molar-refractivity contribution is 0.604. The van der Waals surface area contributed by atoms with Crippen LogP contribution in [0.25, 0.3) is 9.81 Å². The minimum Gasteiger partial charge on any atom is -0.225 e. The smallest absolute Gasteiger partial charge is 0.225 e. The van der Waals surface area contributed by atoms with Gasteiger partial charge in [0.1, 0.15) is 9.81 Å². The molecular weight excluding hydrogens is 324 g/mol. The summed E-state index contributed by atoms with van der Waals surface area (Å²) in [5, 5.41) is 10.5. The molecule has 0 fully saturated rings. The third-order valence-corrected chi connectivity index (χ3v) is 4.99. The number of primary sulfonamides is 2. The number of rotatable bonds is 4. The summed E-state index contributed by atoms with van der Waals surface area (Å²) in [6.45, 7) is 0. The average molecular weight is 338 g/mol. The van der Waals surface area contributed by atoms with Gasteiger partial charge in [-0.2, -0.15) is 0 Å². The molecule has 2 aromatic carbocycles. The highest BCUT2D eigenvalue weighted by molar-refractivity contribution is 8.04. The van der Waals surface area contributed by atoms with Crippen molar-refractivity contribution in [1.82, 2.24) is 0 Å². The topological polar surface area (TPSA) is 120 Å². The van der Waals surface area contributed by atoms with Crippen LogP contribution in [0.3, 0.4) is 0 Å². The second kappa shape index (κ2) is 6.01. The van der Waals surface area contributed by atoms with Crippen LogP contribution in [0, 0.1) is 0 Å². The second-order valence-electron chi connectivity index (χ2n) is 4.48. The van der Waals surface area contributed by atoms with Crippen LogP contribution in [0.4, 0.5) is 0 Å². The van der Waals surface area contributed by atoms with Crippen molar-refractivity contribution in [3.8, 4) is 0 Å². The Morgan fingerprint density at radius 1 is 0.591 bits per heavy atom. The first-order valence-electron chi connectivity index (χ1n) is 6.12. The maximum absolute atomic E-state index is 12.0. The molecule has 0 aromatic heterocycles. The van der Waals surface area contributed by atoms with Gasteiger partial charge in [-0.05, 0) is 11.1 Å². The van der Waals surface area contributed by atoms with E-state index in [4.69, 9.17) is 10.3 Å². The predicted octanol–water partition coefficient (Wildman–Crippen LogP) is 1.09. The van der Waals surface area contributed by atoms with Crippen molar-refractivity contribution in [1.29, 1.82) is 0 Å². The highest BCUT2D eigenvalue weighted by atomic mass is 32.2. The van der Waals surface area contributed by atoms with Gasteiger partial charge in [-0.1, -0.05) is 60.7 Å². The van der Waals surface area contributed by atoms with Crippen molar-refractivity contribution in [2.45, 2.75) is 0 Å². The zero-order valence-corrected chi connectivity index (χ0v) is 13.0. The maximum Gasteiger partial charge on any atom is 0.240 e. The summed E-state index contributed by atoms with van der Waals surface area (Å²) >= 11 is 0. The summed E-state index contributed by atoms with van der Waals surface area (Å²) in [5.41, 5.74) is 0.302. The van der Waals surface area contributed by atoms with E-state index in [2.05, 4.69) is 0 Å². The molecule has 4 N–H and O–H groups in total. The number of hydrogen-bond donors (Lipinski definition) is 2. The Balaban J connectivity index is 2.97. The standard InChI is InChI=1S/C14H14N2O4S2/c15-21(17,18)13(11-7-3-1-4-8-11)14(22(16,19)20)12-9-5-2-6-10-12/h1-10H,(H2,15,17,18)(H2,16,19,20). The van der Waals surface area contributed by atoms with E-state index >= 15 is 0 Å². The zero-order chi connectivity index (χ0) is 16.4. The summed E-state index contributed by atoms with van der Waals surface area (Å²) in [6, 6.07) is 15.5. The molecule has 0 saturated heterocycles. The Labute approximate surface area is 129 Å². The Kier molecular flexibility index (Phi) is 4.47. The van der Waals surface area contributed by atoms with Crippen LogP contribution in [0.2, 0.25) is 0 Å². The number of nitrogens with two attached hydrogens (primary N) is 2. The molecular formula is C14H14N2O4S2. The van der Waals surface area contributed by atoms with Gasteiger partial charge in [0.25, 0.3) is 0 Å². The fourth-order valence-corrected chi connectivity index (χ4v) is 4.41. The van der Waals surface area contributed by atoms with Gasteiger partial charge in [-0.3, -0.25) is 0 Å². The minimum atomic E-state index is -4.33. The van der Waals surface area contributed by atoms with Gasteiger partial charge in [-0.15, -0.1) is 0 Å². The van der Waals surface area contributed by atoms with E-state index in [1.807, 2.05) is 0 Å². The van der Waals surface area contributed by atoms with E-state index in [1.165, 1.54) is 24.3 Å². The Morgan fingerprint density at radius 3 is 1.09 bits per heavy atom. The van der Waals surface area contributed by atoms with Gasteiger partial charge in [0, 0.05) is 0 Å². The van der Waals surface area contributed by atoms with Crippen molar-refractivity contribution >= 4 is 29.9 Å². The van der Waals surface area contributed by atoms with Crippen LogP contribution in [0.5, 0.6) is 0 Å². The van der Waals surface area contributed by atoms with Crippen LogP contribution in [0.15, 0.2) is 60.7 Å². The molecule has 0 aliphatic heterocycles. The Morgan fingerprint density at radius 2 is 0.864 bits per heavy atom. The molecule has 116 valence electrons. The van der Waals surface area contributed by atoms with Crippen molar-refractivity contribution in [3.63, 3.8) is 0 Å². The first kappa shape index (κ1) is 16.4. The highest BCUT2D eigenvalue weighted by Crippen LogP contribution is 2.32. The molecule has 0 spiro atoms. The predicted molar refractivity (Wildman–Crippen MR) is 85.9 cm³/mol. The van der Waals surface area contributed by atoms with Gasteiger partial charge in [0.2, 0.25) is 20.0 Å². The van der Waals surface area contributed by atoms with Crippen LogP contribution in [-0.2, 0) is 20.0 Å². The number of sulfonamides is 2. The molecule has 6 nitrogen and oxygen atoms in total. The molecule has 0 heterocycles. The molecule has 22 heavy (non-hydrogen) atoms. The molecule has 0 unspecified atom stereocenters. The SMILES string of the molecule is NS(=O)(=O)C(=C(c1ccccc1)S(N)(=O)=O)c1ccccc1. The maximum atomic E-state index is 12.0. The van der Waals surface area contributed by atoms with Gasteiger partial charge in [0.05, 0.1) is 0 Å². The fourth-order valence-electron chi connectivity index (χ4n) is 2.03. The van der Waals surface area contributed by atoms with Gasteiger partial charge in [-0.25, -0.2) is 27.1 Å². The molecule has 0 amide bonds. The molecule has 0 radical (unpaired) electrons. The normalized spacial score (nSPS) is 13.5. The first-order valence-corrected chi connectivity index (χ1v) is 9.21. The lowest BCUT2D eigenvalue weighted by atomic mass is 10.1. The van der Waals surface area contributed by atoms with E-state index in [-0.39, 0.29) is 11.1 Å². The average Bonchev–Trinajstić information content (AvgIpc) is 2.44. The largest absolute Gasteiger partial charge is 0.240 e. The fraction of sp³-hybridized carbons (Fsp3) is 0. The Hall–Kier alpha value is -2.00. The van der Waals surface area contributed by atoms with Crippen LogP contribution < -0.4 is 10.3 Å². The second-order valence-corrected chi connectivity index (χ2v) is 7.48. The molecule has 2 aromatic rings. The third kappa shape index (κ3) is 3.60. The van der Waals surface area contributed by atoms with Crippen LogP contribution in [0.1, 0.15) is 11.1 Å². The first-order chi connectivity index (χ1) is 10.2. The quantitative estimate of drug-likeness (QED) is 0.811. The van der Waals surface area contributed by atoms with Gasteiger partial charge < -0.3 is 0 Å². The summed E-state index contributed by atoms with van der Waals surface area (Å²) in [6.07, 6.45) is 0. The molecule has 0 aliphatic rings. The molecule has 0 aliphatic carbocycles. The van der Waals surface area contributed by atoms with Gasteiger partial charge in [0.15, 0.2) is 0 Å². The highest BCUT2D eigenvalue weighted by Gasteiger charge is 2.28. The van der Waals surface area contributed by atoms with E-state index < -0.39 is 29.9 Å². The number of hydrogen-bond acceptors (Lipinski definition) is 4. The van der Waals surface area contributed by atoms with Crippen molar-refractivity contribution < 1.29 is 16.8 Å². The van der Waals surface area contributed by atoms with Gasteiger partial charge >= 0.3 is 0 Å². The van der Waals surface area contributed by atoms with Crippen molar-refractivity contribution in [2.75, 3.05) is 0 Å². The molecule has 0 atom stereocenters. The minimum absolute atomic E-state index is 0.151. The van der Waals surface area contributed by atoms with E-state index in [0.29, 0.717) is 0 Å². The van der Waals surface area contributed by atoms with Crippen LogP contribution >= 0.6 is 0 Å². The molecule has 8 heteroatoms. The lowest BCUT2D eigenvalue weighted by Gasteiger charge is -2.13. The van der Waals surface area contributed by atoms with E-state index in [9.17, 15) is 16.8 Å². The molecule has 0 bridgehead atoms. The summed E-state index contributed by atoms with van der Waals surface area (Å²) in [7, 11) is -8.66. The Bertz CT molecular complexity index is 826. The van der Waals surface area contributed by atoms with Crippen molar-refractivity contribution in [3.05, 3.63) is 71.8 Å². The number of benzene rings is 2. The van der Waals surface area contributed by atoms with Crippen LogP contribution in [-0.4, -0.2) is 16.8 Å². The molecule has 0 saturated carbocycles.